The molecule has 28 heavy (non-hydrogen) atoms. The average Bonchev–Trinajstić information content (AvgIpc) is 3.07. The fourth-order valence-corrected chi connectivity index (χ4v) is 6.68. The lowest BCUT2D eigenvalue weighted by atomic mass is 10.4. The Hall–Kier alpha value is -1.23. The van der Waals surface area contributed by atoms with Gasteiger partial charge < -0.3 is 0 Å². The monoisotopic (exact) mass is 462 g/mol. The molecule has 0 bridgehead atoms. The highest BCUT2D eigenvalue weighted by Gasteiger charge is 2.26. The van der Waals surface area contributed by atoms with E-state index in [1.807, 2.05) is 0 Å². The largest absolute Gasteiger partial charge is 0.243 e. The lowest BCUT2D eigenvalue weighted by Gasteiger charge is -2.21. The number of hydrogen-bond acceptors (Lipinski definition) is 5. The van der Waals surface area contributed by atoms with Crippen LogP contribution in [0.25, 0.3) is 0 Å². The Morgan fingerprint density at radius 2 is 1.43 bits per heavy atom. The van der Waals surface area contributed by atoms with Gasteiger partial charge in [-0.1, -0.05) is 31.5 Å². The molecule has 2 aromatic rings. The van der Waals surface area contributed by atoms with Gasteiger partial charge in [-0.3, -0.25) is 0 Å². The lowest BCUT2D eigenvalue weighted by Crippen LogP contribution is -2.31. The second-order valence-corrected chi connectivity index (χ2v) is 11.5. The zero-order chi connectivity index (χ0) is 20.9. The molecule has 10 heteroatoms. The molecule has 0 aliphatic rings. The summed E-state index contributed by atoms with van der Waals surface area (Å²) in [5, 5.41) is 0. The topological polar surface area (TPSA) is 74.8 Å². The minimum Gasteiger partial charge on any atom is -0.207 e. The van der Waals surface area contributed by atoms with Crippen molar-refractivity contribution in [3.05, 3.63) is 58.3 Å². The zero-order valence-electron chi connectivity index (χ0n) is 15.7. The van der Waals surface area contributed by atoms with Crippen LogP contribution in [0.2, 0.25) is 4.34 Å². The number of sulfonamides is 2. The highest BCUT2D eigenvalue weighted by atomic mass is 35.5. The first kappa shape index (κ1) is 23.1. The van der Waals surface area contributed by atoms with Crippen molar-refractivity contribution >= 4 is 43.0 Å². The molecule has 0 spiro atoms. The van der Waals surface area contributed by atoms with E-state index in [9.17, 15) is 16.8 Å². The van der Waals surface area contributed by atoms with Crippen LogP contribution in [0, 0.1) is 0 Å². The smallest absolute Gasteiger partial charge is 0.207 e. The molecule has 6 nitrogen and oxygen atoms in total. The Bertz CT molecular complexity index is 1010. The van der Waals surface area contributed by atoms with Crippen LogP contribution in [0.5, 0.6) is 0 Å². The van der Waals surface area contributed by atoms with E-state index in [-0.39, 0.29) is 22.9 Å². The van der Waals surface area contributed by atoms with Crippen LogP contribution in [0.15, 0.2) is 58.8 Å². The van der Waals surface area contributed by atoms with Crippen LogP contribution in [-0.2, 0) is 26.6 Å². The van der Waals surface area contributed by atoms with Crippen LogP contribution >= 0.6 is 22.9 Å². The summed E-state index contributed by atoms with van der Waals surface area (Å²) < 4.78 is 54.4. The fourth-order valence-electron chi connectivity index (χ4n) is 2.65. The van der Waals surface area contributed by atoms with Crippen molar-refractivity contribution in [2.75, 3.05) is 19.6 Å². The zero-order valence-corrected chi connectivity index (χ0v) is 18.9. The van der Waals surface area contributed by atoms with Gasteiger partial charge in [0.2, 0.25) is 20.0 Å². The first-order chi connectivity index (χ1) is 13.2. The third-order valence-electron chi connectivity index (χ3n) is 4.10. The Morgan fingerprint density at radius 3 is 1.82 bits per heavy atom. The first-order valence-corrected chi connectivity index (χ1v) is 12.7. The molecular weight excluding hydrogens is 440 g/mol. The maximum Gasteiger partial charge on any atom is 0.243 e. The van der Waals surface area contributed by atoms with E-state index in [2.05, 4.69) is 6.58 Å². The van der Waals surface area contributed by atoms with E-state index < -0.39 is 20.0 Å². The summed E-state index contributed by atoms with van der Waals surface area (Å²) >= 11 is 7.24. The molecule has 0 radical (unpaired) electrons. The van der Waals surface area contributed by atoms with Crippen LogP contribution in [0.3, 0.4) is 0 Å². The van der Waals surface area contributed by atoms with Gasteiger partial charge in [0.1, 0.15) is 0 Å². The minimum atomic E-state index is -3.83. The highest BCUT2D eigenvalue weighted by Crippen LogP contribution is 2.26. The molecule has 0 unspecified atom stereocenters. The first-order valence-electron chi connectivity index (χ1n) is 8.62. The van der Waals surface area contributed by atoms with E-state index in [4.69, 9.17) is 11.6 Å². The molecule has 1 heterocycles. The minimum absolute atomic E-state index is 0.0236. The van der Waals surface area contributed by atoms with E-state index in [1.165, 1.54) is 50.3 Å². The lowest BCUT2D eigenvalue weighted by molar-refractivity contribution is 0.440. The molecule has 154 valence electrons. The van der Waals surface area contributed by atoms with Crippen molar-refractivity contribution in [2.45, 2.75) is 30.2 Å². The molecule has 1 aromatic carbocycles. The number of benzene rings is 1. The molecule has 0 amide bonds. The standard InChI is InChI=1S/C18H23ClN2O4S3/c1-4-13-21(14-15-7-12-18(19)26-15)28(24,25)17-10-8-16(9-11-17)27(22,23)20(5-2)6-3/h4,7-12H,1,5-6,13-14H2,2-3H3. The summed E-state index contributed by atoms with van der Waals surface area (Å²) in [6, 6.07) is 8.79. The second kappa shape index (κ2) is 9.51. The van der Waals surface area contributed by atoms with Crippen LogP contribution in [0.1, 0.15) is 18.7 Å². The van der Waals surface area contributed by atoms with Crippen molar-refractivity contribution in [3.63, 3.8) is 0 Å². The van der Waals surface area contributed by atoms with Crippen LogP contribution in [0.4, 0.5) is 0 Å². The summed E-state index contributed by atoms with van der Waals surface area (Å²) in [5.74, 6) is 0. The van der Waals surface area contributed by atoms with Gasteiger partial charge in [-0.25, -0.2) is 16.8 Å². The van der Waals surface area contributed by atoms with Gasteiger partial charge in [0.05, 0.1) is 14.1 Å². The predicted molar refractivity (Wildman–Crippen MR) is 114 cm³/mol. The number of rotatable bonds is 10. The summed E-state index contributed by atoms with van der Waals surface area (Å²) in [7, 11) is -7.47. The quantitative estimate of drug-likeness (QED) is 0.503. The molecule has 0 saturated heterocycles. The van der Waals surface area contributed by atoms with E-state index >= 15 is 0 Å². The van der Waals surface area contributed by atoms with Crippen LogP contribution in [-0.4, -0.2) is 45.1 Å². The molecule has 0 saturated carbocycles. The van der Waals surface area contributed by atoms with Gasteiger partial charge in [-0.2, -0.15) is 8.61 Å². The van der Waals surface area contributed by atoms with Crippen LogP contribution < -0.4 is 0 Å². The van der Waals surface area contributed by atoms with Crippen molar-refractivity contribution in [1.82, 2.24) is 8.61 Å². The Kier molecular flexibility index (Phi) is 7.83. The molecule has 2 rings (SSSR count). The van der Waals surface area contributed by atoms with Gasteiger partial charge in [0, 0.05) is 31.1 Å². The number of thiophene rings is 1. The SMILES string of the molecule is C=CCN(Cc1ccc(Cl)s1)S(=O)(=O)c1ccc(S(=O)(=O)N(CC)CC)cc1. The maximum atomic E-state index is 13.0. The van der Waals surface area contributed by atoms with Gasteiger partial charge >= 0.3 is 0 Å². The van der Waals surface area contributed by atoms with Gasteiger partial charge in [0.25, 0.3) is 0 Å². The van der Waals surface area contributed by atoms with Crippen molar-refractivity contribution < 1.29 is 16.8 Å². The number of halogens is 1. The van der Waals surface area contributed by atoms with Gasteiger partial charge in [-0.15, -0.1) is 17.9 Å². The summed E-state index contributed by atoms with van der Waals surface area (Å²) in [5.41, 5.74) is 0. The Labute approximate surface area is 176 Å². The number of hydrogen-bond donors (Lipinski definition) is 0. The number of nitrogens with zero attached hydrogens (tertiary/aromatic N) is 2. The Balaban J connectivity index is 2.34. The Morgan fingerprint density at radius 1 is 0.929 bits per heavy atom. The molecule has 0 aliphatic heterocycles. The molecule has 0 N–H and O–H groups in total. The third-order valence-corrected chi connectivity index (χ3v) is 9.20. The third kappa shape index (κ3) is 5.03. The fraction of sp³-hybridized carbons (Fsp3) is 0.333. The molecule has 0 atom stereocenters. The van der Waals surface area contributed by atoms with E-state index in [0.717, 1.165) is 4.88 Å². The average molecular weight is 463 g/mol. The second-order valence-electron chi connectivity index (χ2n) is 5.85. The molecular formula is C18H23ClN2O4S3. The van der Waals surface area contributed by atoms with E-state index in [1.54, 1.807) is 26.0 Å². The summed E-state index contributed by atoms with van der Waals surface area (Å²) in [4.78, 5) is 0.891. The normalized spacial score (nSPS) is 12.6. The highest BCUT2D eigenvalue weighted by molar-refractivity contribution is 7.89. The van der Waals surface area contributed by atoms with Gasteiger partial charge in [-0.05, 0) is 36.4 Å². The van der Waals surface area contributed by atoms with Crippen molar-refractivity contribution in [2.24, 2.45) is 0 Å². The maximum absolute atomic E-state index is 13.0. The van der Waals surface area contributed by atoms with Crippen molar-refractivity contribution in [1.29, 1.82) is 0 Å². The van der Waals surface area contributed by atoms with Gasteiger partial charge in [0.15, 0.2) is 0 Å². The molecule has 1 aromatic heterocycles. The summed E-state index contributed by atoms with van der Waals surface area (Å²) in [6.45, 7) is 8.10. The predicted octanol–water partition coefficient (Wildman–Crippen LogP) is 3.81. The molecule has 0 aliphatic carbocycles. The van der Waals surface area contributed by atoms with Crippen molar-refractivity contribution in [3.8, 4) is 0 Å². The summed E-state index contributed by atoms with van der Waals surface area (Å²) in [6.07, 6.45) is 1.51. The van der Waals surface area contributed by atoms with E-state index in [0.29, 0.717) is 17.4 Å². The molecule has 0 fully saturated rings.